The van der Waals surface area contributed by atoms with E-state index in [1.807, 2.05) is 12.1 Å². The summed E-state index contributed by atoms with van der Waals surface area (Å²) in [4.78, 5) is 0. The van der Waals surface area contributed by atoms with Gasteiger partial charge in [-0.15, -0.1) is 0 Å². The summed E-state index contributed by atoms with van der Waals surface area (Å²) in [7, 11) is 0. The van der Waals surface area contributed by atoms with E-state index in [4.69, 9.17) is 5.26 Å². The van der Waals surface area contributed by atoms with Crippen LogP contribution < -0.4 is 0 Å². The summed E-state index contributed by atoms with van der Waals surface area (Å²) in [5, 5.41) is 8.87. The van der Waals surface area contributed by atoms with Gasteiger partial charge in [0.15, 0.2) is 0 Å². The summed E-state index contributed by atoms with van der Waals surface area (Å²) < 4.78 is 13.8. The number of aryl methyl sites for hydroxylation is 1. The van der Waals surface area contributed by atoms with Crippen LogP contribution in [0.1, 0.15) is 121 Å². The van der Waals surface area contributed by atoms with Crippen molar-refractivity contribution in [2.75, 3.05) is 0 Å². The van der Waals surface area contributed by atoms with Crippen LogP contribution >= 0.6 is 0 Å². The van der Waals surface area contributed by atoms with Gasteiger partial charge in [-0.25, -0.2) is 4.39 Å². The molecule has 2 aliphatic rings. The highest BCUT2D eigenvalue weighted by Crippen LogP contribution is 2.41. The molecule has 0 heterocycles. The minimum atomic E-state index is -0.384. The zero-order valence-corrected chi connectivity index (χ0v) is 20.4. The molecule has 0 aromatic heterocycles. The van der Waals surface area contributed by atoms with E-state index in [0.717, 1.165) is 36.2 Å². The summed E-state index contributed by atoms with van der Waals surface area (Å²) >= 11 is 0. The number of allylic oxidation sites excluding steroid dienone is 2. The van der Waals surface area contributed by atoms with E-state index >= 15 is 0 Å². The molecule has 32 heavy (non-hydrogen) atoms. The van der Waals surface area contributed by atoms with Gasteiger partial charge in [0.25, 0.3) is 0 Å². The number of benzene rings is 1. The molecule has 0 amide bonds. The topological polar surface area (TPSA) is 23.8 Å². The van der Waals surface area contributed by atoms with Crippen LogP contribution in [0, 0.1) is 34.9 Å². The molecule has 2 heteroatoms. The minimum absolute atomic E-state index is 0.144. The van der Waals surface area contributed by atoms with Gasteiger partial charge in [-0.1, -0.05) is 88.8 Å². The van der Waals surface area contributed by atoms with Gasteiger partial charge in [0.1, 0.15) is 11.9 Å². The fraction of sp³-hybridized carbons (Fsp3) is 0.700. The maximum absolute atomic E-state index is 13.8. The molecule has 0 spiro atoms. The number of hydrogen-bond acceptors (Lipinski definition) is 1. The molecule has 1 fully saturated rings. The van der Waals surface area contributed by atoms with Crippen molar-refractivity contribution in [1.82, 2.24) is 0 Å². The molecule has 0 N–H and O–H groups in total. The van der Waals surface area contributed by atoms with Crippen molar-refractivity contribution in [3.05, 3.63) is 46.8 Å². The van der Waals surface area contributed by atoms with E-state index in [9.17, 15) is 4.39 Å². The average molecular weight is 438 g/mol. The van der Waals surface area contributed by atoms with Crippen LogP contribution in [-0.2, 0) is 6.42 Å². The first-order valence-electron chi connectivity index (χ1n) is 13.6. The van der Waals surface area contributed by atoms with Crippen LogP contribution in [0.3, 0.4) is 0 Å². The normalized spacial score (nSPS) is 23.5. The standard InChI is InChI=1S/C30H44FN/c1-2-3-4-5-6-7-8-9-24-12-17-27(18-13-24)28-19-14-25(15-20-28)10-11-26-16-21-29(23-32)30(31)22-26/h14,16,21-22,24,27-28H,2-13,15,17-20H2,1H3. The molecule has 2 aliphatic carbocycles. The fourth-order valence-corrected chi connectivity index (χ4v) is 6.01. The van der Waals surface area contributed by atoms with Crippen LogP contribution in [0.2, 0.25) is 0 Å². The first kappa shape index (κ1) is 25.0. The number of rotatable bonds is 12. The second-order valence-corrected chi connectivity index (χ2v) is 10.5. The number of hydrogen-bond donors (Lipinski definition) is 0. The van der Waals surface area contributed by atoms with E-state index < -0.39 is 0 Å². The Morgan fingerprint density at radius 3 is 2.31 bits per heavy atom. The molecular weight excluding hydrogens is 393 g/mol. The van der Waals surface area contributed by atoms with Gasteiger partial charge in [-0.3, -0.25) is 0 Å². The van der Waals surface area contributed by atoms with Crippen LogP contribution in [0.4, 0.5) is 4.39 Å². The summed E-state index contributed by atoms with van der Waals surface area (Å²) in [6.45, 7) is 2.29. The number of nitrogens with zero attached hydrogens (tertiary/aromatic N) is 1. The number of unbranched alkanes of at least 4 members (excludes halogenated alkanes) is 6. The molecule has 176 valence electrons. The highest BCUT2D eigenvalue weighted by Gasteiger charge is 2.28. The second-order valence-electron chi connectivity index (χ2n) is 10.5. The van der Waals surface area contributed by atoms with Crippen LogP contribution in [0.15, 0.2) is 29.8 Å². The molecular formula is C30H44FN. The lowest BCUT2D eigenvalue weighted by Crippen LogP contribution is -2.23. The smallest absolute Gasteiger partial charge is 0.141 e. The molecule has 0 radical (unpaired) electrons. The summed E-state index contributed by atoms with van der Waals surface area (Å²) in [6.07, 6.45) is 25.6. The van der Waals surface area contributed by atoms with Gasteiger partial charge in [0.2, 0.25) is 0 Å². The number of nitriles is 1. The van der Waals surface area contributed by atoms with Crippen molar-refractivity contribution in [3.63, 3.8) is 0 Å². The van der Waals surface area contributed by atoms with E-state index in [0.29, 0.717) is 0 Å². The molecule has 0 aliphatic heterocycles. The second kappa shape index (κ2) is 13.8. The Hall–Kier alpha value is -1.62. The van der Waals surface area contributed by atoms with Gasteiger partial charge in [0.05, 0.1) is 5.56 Å². The Labute approximate surface area is 196 Å². The van der Waals surface area contributed by atoms with Gasteiger partial charge in [0, 0.05) is 0 Å². The third-order valence-electron chi connectivity index (χ3n) is 8.21. The Morgan fingerprint density at radius 2 is 1.66 bits per heavy atom. The third-order valence-corrected chi connectivity index (χ3v) is 8.21. The van der Waals surface area contributed by atoms with Crippen molar-refractivity contribution in [1.29, 1.82) is 5.26 Å². The van der Waals surface area contributed by atoms with E-state index in [1.165, 1.54) is 102 Å². The van der Waals surface area contributed by atoms with Crippen molar-refractivity contribution in [2.45, 2.75) is 116 Å². The Bertz CT molecular complexity index is 751. The lowest BCUT2D eigenvalue weighted by atomic mass is 9.70. The SMILES string of the molecule is CCCCCCCCCC1CCC(C2CC=C(CCc3ccc(C#N)c(F)c3)CC2)CC1. The monoisotopic (exact) mass is 437 g/mol. The van der Waals surface area contributed by atoms with E-state index in [1.54, 1.807) is 11.6 Å². The molecule has 1 aromatic rings. The molecule has 1 aromatic carbocycles. The quantitative estimate of drug-likeness (QED) is 0.236. The highest BCUT2D eigenvalue weighted by atomic mass is 19.1. The molecule has 0 bridgehead atoms. The maximum Gasteiger partial charge on any atom is 0.141 e. The van der Waals surface area contributed by atoms with Gasteiger partial charge >= 0.3 is 0 Å². The molecule has 0 saturated heterocycles. The summed E-state index contributed by atoms with van der Waals surface area (Å²) in [5.41, 5.74) is 2.70. The van der Waals surface area contributed by atoms with Crippen LogP contribution in [0.25, 0.3) is 0 Å². The average Bonchev–Trinajstić information content (AvgIpc) is 2.83. The predicted octanol–water partition coefficient (Wildman–Crippen LogP) is 9.30. The Morgan fingerprint density at radius 1 is 0.906 bits per heavy atom. The first-order chi connectivity index (χ1) is 15.7. The summed E-state index contributed by atoms with van der Waals surface area (Å²) in [5.74, 6) is 2.46. The highest BCUT2D eigenvalue weighted by molar-refractivity contribution is 5.33. The summed E-state index contributed by atoms with van der Waals surface area (Å²) in [6, 6.07) is 6.95. The van der Waals surface area contributed by atoms with Crippen LogP contribution in [-0.4, -0.2) is 0 Å². The maximum atomic E-state index is 13.8. The van der Waals surface area contributed by atoms with Crippen molar-refractivity contribution in [2.24, 2.45) is 17.8 Å². The van der Waals surface area contributed by atoms with Crippen LogP contribution in [0.5, 0.6) is 0 Å². The molecule has 1 atom stereocenters. The van der Waals surface area contributed by atoms with E-state index in [2.05, 4.69) is 13.0 Å². The third kappa shape index (κ3) is 8.06. The van der Waals surface area contributed by atoms with E-state index in [-0.39, 0.29) is 11.4 Å². The zero-order chi connectivity index (χ0) is 22.6. The Kier molecular flexibility index (Phi) is 10.8. The van der Waals surface area contributed by atoms with Crippen molar-refractivity contribution < 1.29 is 4.39 Å². The lowest BCUT2D eigenvalue weighted by Gasteiger charge is -2.35. The van der Waals surface area contributed by atoms with Gasteiger partial charge in [-0.05, 0) is 80.4 Å². The molecule has 1 unspecified atom stereocenters. The minimum Gasteiger partial charge on any atom is -0.206 e. The fourth-order valence-electron chi connectivity index (χ4n) is 6.01. The van der Waals surface area contributed by atoms with Crippen molar-refractivity contribution >= 4 is 0 Å². The lowest BCUT2D eigenvalue weighted by molar-refractivity contribution is 0.185. The molecule has 1 saturated carbocycles. The zero-order valence-electron chi connectivity index (χ0n) is 20.4. The van der Waals surface area contributed by atoms with Gasteiger partial charge in [-0.2, -0.15) is 5.26 Å². The molecule has 1 nitrogen and oxygen atoms in total. The largest absolute Gasteiger partial charge is 0.206 e. The Balaban J connectivity index is 1.30. The number of halogens is 1. The first-order valence-corrected chi connectivity index (χ1v) is 13.6. The molecule has 3 rings (SSSR count). The predicted molar refractivity (Wildman–Crippen MR) is 133 cm³/mol. The van der Waals surface area contributed by atoms with Gasteiger partial charge < -0.3 is 0 Å². The van der Waals surface area contributed by atoms with Crippen molar-refractivity contribution in [3.8, 4) is 6.07 Å².